The SMILES string of the molecule is CC(C)(C)OC(=O)[C@@H]1CCCN1C(=O)[C@@H](CC(=O)c1ccc(C(C)(C)C)s1)Cc1ccc(-c2ncc(Br)cn2)cc1. The molecule has 2 aromatic heterocycles. The van der Waals surface area contributed by atoms with Crippen LogP contribution in [0.2, 0.25) is 0 Å². The van der Waals surface area contributed by atoms with Crippen LogP contribution in [-0.2, 0) is 26.2 Å². The summed E-state index contributed by atoms with van der Waals surface area (Å²) in [5.41, 5.74) is 1.08. The molecule has 0 N–H and O–H groups in total. The van der Waals surface area contributed by atoms with Gasteiger partial charge < -0.3 is 9.64 Å². The number of amides is 1. The number of nitrogens with zero attached hydrogens (tertiary/aromatic N) is 3. The number of hydrogen-bond acceptors (Lipinski definition) is 7. The molecule has 1 fully saturated rings. The predicted molar refractivity (Wildman–Crippen MR) is 165 cm³/mol. The number of carbonyl (C=O) groups is 3. The van der Waals surface area contributed by atoms with Gasteiger partial charge in [-0.2, -0.15) is 0 Å². The first-order chi connectivity index (χ1) is 19.2. The van der Waals surface area contributed by atoms with Gasteiger partial charge in [-0.05, 0) is 79.1 Å². The summed E-state index contributed by atoms with van der Waals surface area (Å²) in [4.78, 5) is 52.6. The van der Waals surface area contributed by atoms with E-state index in [1.165, 1.54) is 11.3 Å². The Balaban J connectivity index is 1.58. The second-order valence-electron chi connectivity index (χ2n) is 12.6. The normalized spacial score (nSPS) is 16.5. The Bertz CT molecular complexity index is 1390. The number of rotatable bonds is 8. The zero-order chi connectivity index (χ0) is 29.9. The Hall–Kier alpha value is -2.91. The summed E-state index contributed by atoms with van der Waals surface area (Å²) in [7, 11) is 0. The van der Waals surface area contributed by atoms with Crippen LogP contribution in [0.4, 0.5) is 0 Å². The second-order valence-corrected chi connectivity index (χ2v) is 14.6. The van der Waals surface area contributed by atoms with Gasteiger partial charge in [-0.1, -0.05) is 45.0 Å². The van der Waals surface area contributed by atoms with Crippen LogP contribution in [-0.4, -0.2) is 50.7 Å². The fraction of sp³-hybridized carbons (Fsp3) is 0.469. The fourth-order valence-corrected chi connectivity index (χ4v) is 6.09. The van der Waals surface area contributed by atoms with E-state index in [0.717, 1.165) is 26.9 Å². The first kappa shape index (κ1) is 31.0. The number of ether oxygens (including phenoxy) is 1. The zero-order valence-electron chi connectivity index (χ0n) is 24.6. The molecule has 3 aromatic rings. The molecule has 1 saturated heterocycles. The van der Waals surface area contributed by atoms with Gasteiger partial charge >= 0.3 is 5.97 Å². The quantitative estimate of drug-likeness (QED) is 0.194. The monoisotopic (exact) mass is 639 g/mol. The lowest BCUT2D eigenvalue weighted by atomic mass is 9.91. The summed E-state index contributed by atoms with van der Waals surface area (Å²) >= 11 is 4.84. The molecule has 2 atom stereocenters. The maximum absolute atomic E-state index is 14.0. The number of carbonyl (C=O) groups excluding carboxylic acids is 3. The first-order valence-electron chi connectivity index (χ1n) is 13.9. The Morgan fingerprint density at radius 2 is 1.68 bits per heavy atom. The molecule has 1 amide bonds. The highest BCUT2D eigenvalue weighted by Gasteiger charge is 2.40. The molecule has 1 aromatic carbocycles. The van der Waals surface area contributed by atoms with Crippen LogP contribution < -0.4 is 0 Å². The number of ketones is 1. The molecule has 0 unspecified atom stereocenters. The van der Waals surface area contributed by atoms with E-state index >= 15 is 0 Å². The molecule has 41 heavy (non-hydrogen) atoms. The van der Waals surface area contributed by atoms with Gasteiger partial charge in [0, 0.05) is 41.7 Å². The number of likely N-dealkylation sites (tertiary alicyclic amines) is 1. The van der Waals surface area contributed by atoms with Crippen molar-refractivity contribution >= 4 is 44.9 Å². The van der Waals surface area contributed by atoms with Gasteiger partial charge in [-0.3, -0.25) is 9.59 Å². The van der Waals surface area contributed by atoms with Gasteiger partial charge in [0.25, 0.3) is 0 Å². The molecule has 218 valence electrons. The molecule has 3 heterocycles. The lowest BCUT2D eigenvalue weighted by molar-refractivity contribution is -0.164. The first-order valence-corrected chi connectivity index (χ1v) is 15.6. The van der Waals surface area contributed by atoms with Crippen molar-refractivity contribution in [2.45, 2.75) is 84.3 Å². The third kappa shape index (κ3) is 8.10. The van der Waals surface area contributed by atoms with E-state index < -0.39 is 17.6 Å². The van der Waals surface area contributed by atoms with Crippen LogP contribution in [0.5, 0.6) is 0 Å². The number of hydrogen-bond donors (Lipinski definition) is 0. The van der Waals surface area contributed by atoms with E-state index in [4.69, 9.17) is 4.74 Å². The smallest absolute Gasteiger partial charge is 0.329 e. The summed E-state index contributed by atoms with van der Waals surface area (Å²) in [6.45, 7) is 12.3. The number of thiophene rings is 1. The Kier molecular flexibility index (Phi) is 9.49. The van der Waals surface area contributed by atoms with Crippen LogP contribution >= 0.6 is 27.3 Å². The van der Waals surface area contributed by atoms with Gasteiger partial charge in [0.1, 0.15) is 11.6 Å². The minimum Gasteiger partial charge on any atom is -0.458 e. The minimum absolute atomic E-state index is 0.0586. The Labute approximate surface area is 254 Å². The van der Waals surface area contributed by atoms with Crippen molar-refractivity contribution in [3.8, 4) is 11.4 Å². The summed E-state index contributed by atoms with van der Waals surface area (Å²) in [6, 6.07) is 11.0. The van der Waals surface area contributed by atoms with Crippen LogP contribution in [0.3, 0.4) is 0 Å². The van der Waals surface area contributed by atoms with Gasteiger partial charge in [-0.15, -0.1) is 11.3 Å². The van der Waals surface area contributed by atoms with E-state index in [2.05, 4.69) is 46.7 Å². The molecule has 1 aliphatic rings. The van der Waals surface area contributed by atoms with Gasteiger partial charge in [-0.25, -0.2) is 14.8 Å². The van der Waals surface area contributed by atoms with Crippen LogP contribution in [0.1, 0.15) is 80.9 Å². The maximum Gasteiger partial charge on any atom is 0.329 e. The second kappa shape index (κ2) is 12.5. The van der Waals surface area contributed by atoms with E-state index in [1.54, 1.807) is 17.3 Å². The van der Waals surface area contributed by atoms with Crippen LogP contribution in [0, 0.1) is 5.92 Å². The molecule has 1 aliphatic heterocycles. The van der Waals surface area contributed by atoms with E-state index in [-0.39, 0.29) is 29.5 Å². The molecule has 9 heteroatoms. The number of benzene rings is 1. The lowest BCUT2D eigenvalue weighted by Crippen LogP contribution is -2.46. The zero-order valence-corrected chi connectivity index (χ0v) is 27.0. The van der Waals surface area contributed by atoms with Crippen molar-refractivity contribution in [2.24, 2.45) is 5.92 Å². The number of esters is 1. The van der Waals surface area contributed by atoms with Crippen molar-refractivity contribution < 1.29 is 19.1 Å². The molecule has 0 spiro atoms. The molecule has 0 aliphatic carbocycles. The maximum atomic E-state index is 14.0. The summed E-state index contributed by atoms with van der Waals surface area (Å²) in [5, 5.41) is 0. The average molecular weight is 641 g/mol. The highest BCUT2D eigenvalue weighted by molar-refractivity contribution is 9.10. The Morgan fingerprint density at radius 1 is 1.02 bits per heavy atom. The van der Waals surface area contributed by atoms with E-state index in [0.29, 0.717) is 30.1 Å². The van der Waals surface area contributed by atoms with Crippen LogP contribution in [0.15, 0.2) is 53.3 Å². The van der Waals surface area contributed by atoms with Gasteiger partial charge in [0.15, 0.2) is 11.6 Å². The van der Waals surface area contributed by atoms with E-state index in [1.807, 2.05) is 57.2 Å². The standard InChI is InChI=1S/C32H38BrN3O4S/c1-31(2,3)27-14-13-26(41-27)25(37)17-22(29(38)36-15-7-8-24(36)30(39)40-32(4,5)6)16-20-9-11-21(12-10-20)28-34-18-23(33)19-35-28/h9-14,18-19,22,24H,7-8,15-17H2,1-6H3/t22-,24+/m1/s1. The average Bonchev–Trinajstić information content (AvgIpc) is 3.58. The third-order valence-electron chi connectivity index (χ3n) is 6.93. The molecule has 0 saturated carbocycles. The third-order valence-corrected chi connectivity index (χ3v) is 8.89. The molecule has 0 bridgehead atoms. The van der Waals surface area contributed by atoms with Crippen molar-refractivity contribution in [1.82, 2.24) is 14.9 Å². The summed E-state index contributed by atoms with van der Waals surface area (Å²) in [6.07, 6.45) is 5.12. The molecule has 4 rings (SSSR count). The number of Topliss-reactive ketones (excluding diaryl/α,β-unsaturated/α-hetero) is 1. The largest absolute Gasteiger partial charge is 0.458 e. The molecular formula is C32H38BrN3O4S. The predicted octanol–water partition coefficient (Wildman–Crippen LogP) is 7.03. The number of aromatic nitrogens is 2. The van der Waals surface area contributed by atoms with Gasteiger partial charge in [0.2, 0.25) is 5.91 Å². The number of halogens is 1. The minimum atomic E-state index is -0.645. The van der Waals surface area contributed by atoms with Crippen molar-refractivity contribution in [1.29, 1.82) is 0 Å². The van der Waals surface area contributed by atoms with Crippen molar-refractivity contribution in [2.75, 3.05) is 6.54 Å². The van der Waals surface area contributed by atoms with Gasteiger partial charge in [0.05, 0.1) is 9.35 Å². The summed E-state index contributed by atoms with van der Waals surface area (Å²) in [5.74, 6) is -0.635. The molecule has 0 radical (unpaired) electrons. The topological polar surface area (TPSA) is 89.5 Å². The highest BCUT2D eigenvalue weighted by atomic mass is 79.9. The summed E-state index contributed by atoms with van der Waals surface area (Å²) < 4.78 is 6.44. The van der Waals surface area contributed by atoms with E-state index in [9.17, 15) is 14.4 Å². The molecule has 7 nitrogen and oxygen atoms in total. The lowest BCUT2D eigenvalue weighted by Gasteiger charge is -2.30. The fourth-order valence-electron chi connectivity index (χ4n) is 4.88. The highest BCUT2D eigenvalue weighted by Crippen LogP contribution is 2.32. The van der Waals surface area contributed by atoms with Crippen molar-refractivity contribution in [3.05, 3.63) is 68.6 Å². The molecular weight excluding hydrogens is 602 g/mol. The Morgan fingerprint density at radius 3 is 2.27 bits per heavy atom. The van der Waals surface area contributed by atoms with Crippen molar-refractivity contribution in [3.63, 3.8) is 0 Å². The van der Waals surface area contributed by atoms with Crippen LogP contribution in [0.25, 0.3) is 11.4 Å².